The van der Waals surface area contributed by atoms with Crippen LogP contribution < -0.4 is 40.2 Å². The molecule has 0 N–H and O–H groups in total. The molecule has 0 amide bonds. The summed E-state index contributed by atoms with van der Waals surface area (Å²) in [4.78, 5) is 6.91. The number of para-hydroxylation sites is 6. The highest BCUT2D eigenvalue weighted by Gasteiger charge is 2.48. The number of nitrogens with zero attached hydrogens (tertiary/aromatic N) is 5. The molecule has 7 heteroatoms. The highest BCUT2D eigenvalue weighted by molar-refractivity contribution is 7.21. The van der Waals surface area contributed by atoms with Crippen LogP contribution in [0.1, 0.15) is 11.1 Å². The van der Waals surface area contributed by atoms with Gasteiger partial charge in [0.15, 0.2) is 19.6 Å². The number of fused-ring (bicyclic) bond motifs is 4. The third-order valence-corrected chi connectivity index (χ3v) is 17.0. The van der Waals surface area contributed by atoms with E-state index < -0.39 is 8.07 Å². The minimum Gasteiger partial charge on any atom is -0.453 e. The molecule has 0 atom stereocenters. The SMILES string of the molecule is N#Cc1ccc(N(c2ccc(C#N)cc2)c2cc(N3c4ccccc4Oc4ccccc43)cc(N3c4ccccc4[Si](c4ccccc4)(c4ccccc4)c4ccccc43)c2)cc1. The van der Waals surface area contributed by atoms with Crippen LogP contribution in [0.4, 0.5) is 51.2 Å². The summed E-state index contributed by atoms with van der Waals surface area (Å²) in [6, 6.07) is 82.9. The molecule has 2 aliphatic heterocycles. The van der Waals surface area contributed by atoms with Crippen LogP contribution in [0.15, 0.2) is 224 Å². The fourth-order valence-corrected chi connectivity index (χ4v) is 14.6. The van der Waals surface area contributed by atoms with E-state index in [-0.39, 0.29) is 0 Å². The molecule has 0 radical (unpaired) electrons. The van der Waals surface area contributed by atoms with Crippen LogP contribution in [0.2, 0.25) is 0 Å². The van der Waals surface area contributed by atoms with Crippen molar-refractivity contribution in [3.05, 3.63) is 236 Å². The van der Waals surface area contributed by atoms with E-state index in [4.69, 9.17) is 4.74 Å². The summed E-state index contributed by atoms with van der Waals surface area (Å²) in [5.74, 6) is 1.52. The molecule has 9 aromatic rings. The van der Waals surface area contributed by atoms with Crippen LogP contribution in [-0.4, -0.2) is 8.07 Å². The number of rotatable bonds is 7. The molecule has 0 aromatic heterocycles. The van der Waals surface area contributed by atoms with Crippen molar-refractivity contribution in [1.29, 1.82) is 10.5 Å². The lowest BCUT2D eigenvalue weighted by Gasteiger charge is -2.45. The van der Waals surface area contributed by atoms with Crippen LogP contribution in [0, 0.1) is 22.7 Å². The third kappa shape index (κ3) is 6.15. The van der Waals surface area contributed by atoms with Crippen molar-refractivity contribution in [2.24, 2.45) is 0 Å². The molecular weight excluding hydrogens is 787 g/mol. The molecule has 2 aliphatic rings. The first-order valence-electron chi connectivity index (χ1n) is 20.9. The largest absolute Gasteiger partial charge is 0.453 e. The molecule has 63 heavy (non-hydrogen) atoms. The Balaban J connectivity index is 1.22. The maximum absolute atomic E-state index is 9.81. The third-order valence-electron chi connectivity index (χ3n) is 12.1. The van der Waals surface area contributed by atoms with E-state index in [1.54, 1.807) is 0 Å². The van der Waals surface area contributed by atoms with Crippen molar-refractivity contribution < 1.29 is 4.74 Å². The van der Waals surface area contributed by atoms with Gasteiger partial charge in [0.2, 0.25) is 0 Å². The maximum atomic E-state index is 9.81. The molecule has 0 aliphatic carbocycles. The Bertz CT molecular complexity index is 3060. The summed E-state index contributed by atoms with van der Waals surface area (Å²) in [5.41, 5.74) is 9.70. The van der Waals surface area contributed by atoms with Gasteiger partial charge in [-0.1, -0.05) is 121 Å². The standard InChI is InChI=1S/C56H37N5OSi/c57-38-40-27-31-42(32-28-40)59(43-33-29-41(39-58)30-34-43)44-35-45(60-49-19-7-11-23-53(49)62-54-24-12-8-20-50(54)60)37-46(36-44)61-51-21-9-13-25-55(51)63(47-15-3-1-4-16-47,48-17-5-2-6-18-48)56-26-14-10-22-52(56)61/h1-37H. The number of benzene rings is 9. The molecule has 9 aromatic carbocycles. The minimum atomic E-state index is -2.88. The van der Waals surface area contributed by atoms with Crippen molar-refractivity contribution in [2.75, 3.05) is 14.7 Å². The van der Waals surface area contributed by atoms with Gasteiger partial charge in [-0.25, -0.2) is 0 Å². The predicted octanol–water partition coefficient (Wildman–Crippen LogP) is 11.6. The van der Waals surface area contributed by atoms with Crippen LogP contribution >= 0.6 is 0 Å². The summed E-state index contributed by atoms with van der Waals surface area (Å²) in [6.07, 6.45) is 0. The van der Waals surface area contributed by atoms with Crippen molar-refractivity contribution in [3.63, 3.8) is 0 Å². The zero-order valence-electron chi connectivity index (χ0n) is 34.0. The maximum Gasteiger partial charge on any atom is 0.184 e. The summed E-state index contributed by atoms with van der Waals surface area (Å²) in [5, 5.41) is 24.9. The number of anilines is 9. The van der Waals surface area contributed by atoms with Gasteiger partial charge in [0, 0.05) is 22.7 Å². The molecule has 2 heterocycles. The summed E-state index contributed by atoms with van der Waals surface area (Å²) < 4.78 is 6.53. The Morgan fingerprint density at radius 2 is 0.762 bits per heavy atom. The average Bonchev–Trinajstić information content (AvgIpc) is 3.35. The molecule has 0 unspecified atom stereocenters. The summed E-state index contributed by atoms with van der Waals surface area (Å²) in [6.45, 7) is 0. The molecule has 0 spiro atoms. The second kappa shape index (κ2) is 15.4. The second-order valence-electron chi connectivity index (χ2n) is 15.6. The van der Waals surface area contributed by atoms with Crippen LogP contribution in [0.5, 0.6) is 11.5 Å². The number of nitriles is 2. The summed E-state index contributed by atoms with van der Waals surface area (Å²) >= 11 is 0. The lowest BCUT2D eigenvalue weighted by molar-refractivity contribution is 0.477. The van der Waals surface area contributed by atoms with Crippen LogP contribution in [0.3, 0.4) is 0 Å². The molecular formula is C56H37N5OSi. The Hall–Kier alpha value is -8.62. The van der Waals surface area contributed by atoms with E-state index in [1.165, 1.54) is 20.7 Å². The van der Waals surface area contributed by atoms with Crippen LogP contribution in [-0.2, 0) is 0 Å². The van der Waals surface area contributed by atoms with Gasteiger partial charge in [0.05, 0.1) is 51.7 Å². The predicted molar refractivity (Wildman–Crippen MR) is 257 cm³/mol. The number of hydrogen-bond acceptors (Lipinski definition) is 6. The van der Waals surface area contributed by atoms with Gasteiger partial charge in [-0.2, -0.15) is 10.5 Å². The molecule has 0 saturated carbocycles. The van der Waals surface area contributed by atoms with E-state index in [9.17, 15) is 10.5 Å². The molecule has 0 bridgehead atoms. The van der Waals surface area contributed by atoms with Gasteiger partial charge in [-0.15, -0.1) is 0 Å². The highest BCUT2D eigenvalue weighted by Crippen LogP contribution is 2.53. The monoisotopic (exact) mass is 823 g/mol. The first kappa shape index (κ1) is 37.4. The van der Waals surface area contributed by atoms with Gasteiger partial charge in [-0.3, -0.25) is 0 Å². The van der Waals surface area contributed by atoms with E-state index in [0.717, 1.165) is 62.7 Å². The normalized spacial score (nSPS) is 12.9. The number of hydrogen-bond donors (Lipinski definition) is 0. The molecule has 0 fully saturated rings. The minimum absolute atomic E-state index is 0.570. The highest BCUT2D eigenvalue weighted by atomic mass is 28.3. The van der Waals surface area contributed by atoms with Gasteiger partial charge in [0.25, 0.3) is 0 Å². The fraction of sp³-hybridized carbons (Fsp3) is 0. The zero-order valence-corrected chi connectivity index (χ0v) is 35.0. The molecule has 11 rings (SSSR count). The summed E-state index contributed by atoms with van der Waals surface area (Å²) in [7, 11) is -2.88. The number of ether oxygens (including phenoxy) is 1. The van der Waals surface area contributed by atoms with Gasteiger partial charge < -0.3 is 19.4 Å². The quantitative estimate of drug-likeness (QED) is 0.149. The Morgan fingerprint density at radius 3 is 1.21 bits per heavy atom. The first-order valence-corrected chi connectivity index (χ1v) is 22.9. The van der Waals surface area contributed by atoms with Gasteiger partial charge in [-0.05, 0) is 124 Å². The van der Waals surface area contributed by atoms with E-state index in [1.807, 2.05) is 84.9 Å². The van der Waals surface area contributed by atoms with Crippen molar-refractivity contribution in [3.8, 4) is 23.6 Å². The second-order valence-corrected chi connectivity index (χ2v) is 19.3. The Labute approximate surface area is 367 Å². The lowest BCUT2D eigenvalue weighted by atomic mass is 10.1. The first-order chi connectivity index (χ1) is 31.1. The Morgan fingerprint density at radius 1 is 0.381 bits per heavy atom. The van der Waals surface area contributed by atoms with E-state index in [0.29, 0.717) is 11.1 Å². The Kier molecular flexibility index (Phi) is 9.16. The average molecular weight is 824 g/mol. The zero-order chi connectivity index (χ0) is 42.3. The topological polar surface area (TPSA) is 66.5 Å². The van der Waals surface area contributed by atoms with Gasteiger partial charge >= 0.3 is 0 Å². The molecule has 0 saturated heterocycles. The molecule has 6 nitrogen and oxygen atoms in total. The van der Waals surface area contributed by atoms with Crippen LogP contribution in [0.25, 0.3) is 0 Å². The van der Waals surface area contributed by atoms with Gasteiger partial charge in [0.1, 0.15) is 0 Å². The van der Waals surface area contributed by atoms with Crippen molar-refractivity contribution in [1.82, 2.24) is 0 Å². The van der Waals surface area contributed by atoms with Crippen molar-refractivity contribution >= 4 is 80.0 Å². The van der Waals surface area contributed by atoms with E-state index >= 15 is 0 Å². The molecule has 296 valence electrons. The fourth-order valence-electron chi connectivity index (χ4n) is 9.46. The van der Waals surface area contributed by atoms with Crippen molar-refractivity contribution in [2.45, 2.75) is 0 Å². The smallest absolute Gasteiger partial charge is 0.184 e. The lowest BCUT2D eigenvalue weighted by Crippen LogP contribution is -2.77. The van der Waals surface area contributed by atoms with E-state index in [2.05, 4.69) is 166 Å².